The van der Waals surface area contributed by atoms with Gasteiger partial charge in [-0.15, -0.1) is 0 Å². The van der Waals surface area contributed by atoms with Crippen LogP contribution in [0.1, 0.15) is 41.6 Å². The molecule has 7 heteroatoms. The van der Waals surface area contributed by atoms with Crippen LogP contribution in [0.15, 0.2) is 48.5 Å². The number of carbonyl (C=O) groups is 2. The van der Waals surface area contributed by atoms with E-state index in [0.29, 0.717) is 44.0 Å². The predicted molar refractivity (Wildman–Crippen MR) is 125 cm³/mol. The van der Waals surface area contributed by atoms with Gasteiger partial charge in [-0.05, 0) is 42.7 Å². The molecule has 0 unspecified atom stereocenters. The number of hydrogen-bond donors (Lipinski definition) is 0. The highest BCUT2D eigenvalue weighted by Gasteiger charge is 2.26. The van der Waals surface area contributed by atoms with E-state index in [4.69, 9.17) is 4.74 Å². The van der Waals surface area contributed by atoms with Gasteiger partial charge >= 0.3 is 0 Å². The summed E-state index contributed by atoms with van der Waals surface area (Å²) in [5.74, 6) is 0.367. The van der Waals surface area contributed by atoms with Crippen LogP contribution in [0.4, 0.5) is 4.39 Å². The molecule has 0 bridgehead atoms. The minimum Gasteiger partial charge on any atom is -0.488 e. The zero-order chi connectivity index (χ0) is 23.0. The maximum atomic E-state index is 13.2. The van der Waals surface area contributed by atoms with Crippen molar-refractivity contribution in [3.8, 4) is 5.75 Å². The SMILES string of the molecule is O=C(CN1CCN(C(=O)c2ccccc2OCc2ccc(F)cc2)CC1)N1CCCCCC1. The van der Waals surface area contributed by atoms with Crippen molar-refractivity contribution >= 4 is 11.8 Å². The Bertz CT molecular complexity index is 934. The van der Waals surface area contributed by atoms with E-state index in [-0.39, 0.29) is 24.2 Å². The molecular formula is C26H32FN3O3. The van der Waals surface area contributed by atoms with Gasteiger partial charge in [-0.25, -0.2) is 4.39 Å². The molecule has 6 nitrogen and oxygen atoms in total. The standard InChI is InChI=1S/C26H32FN3O3/c27-22-11-9-21(10-12-22)20-33-24-8-4-3-7-23(24)26(32)30-17-15-28(16-18-30)19-25(31)29-13-5-1-2-6-14-29/h3-4,7-12H,1-2,5-6,13-20H2. The van der Waals surface area contributed by atoms with E-state index in [2.05, 4.69) is 4.90 Å². The van der Waals surface area contributed by atoms with E-state index in [0.717, 1.165) is 31.5 Å². The second-order valence-corrected chi connectivity index (χ2v) is 8.77. The quantitative estimate of drug-likeness (QED) is 0.671. The molecule has 33 heavy (non-hydrogen) atoms. The first kappa shape index (κ1) is 23.2. The van der Waals surface area contributed by atoms with Gasteiger partial charge < -0.3 is 14.5 Å². The number of hydrogen-bond acceptors (Lipinski definition) is 4. The normalized spacial score (nSPS) is 17.5. The molecule has 2 aliphatic heterocycles. The van der Waals surface area contributed by atoms with Crippen LogP contribution in [0, 0.1) is 5.82 Å². The second kappa shape index (κ2) is 11.3. The van der Waals surface area contributed by atoms with Crippen molar-refractivity contribution in [2.24, 2.45) is 0 Å². The van der Waals surface area contributed by atoms with Crippen molar-refractivity contribution in [2.45, 2.75) is 32.3 Å². The van der Waals surface area contributed by atoms with E-state index in [9.17, 15) is 14.0 Å². The number of halogens is 1. The summed E-state index contributed by atoms with van der Waals surface area (Å²) < 4.78 is 19.0. The Balaban J connectivity index is 1.30. The van der Waals surface area contributed by atoms with E-state index in [1.807, 2.05) is 21.9 Å². The van der Waals surface area contributed by atoms with Gasteiger partial charge in [0.15, 0.2) is 0 Å². The van der Waals surface area contributed by atoms with Gasteiger partial charge in [0.1, 0.15) is 18.2 Å². The Labute approximate surface area is 194 Å². The van der Waals surface area contributed by atoms with Crippen LogP contribution in [0.5, 0.6) is 5.75 Å². The first-order chi connectivity index (χ1) is 16.1. The lowest BCUT2D eigenvalue weighted by Crippen LogP contribution is -2.51. The zero-order valence-electron chi connectivity index (χ0n) is 19.0. The summed E-state index contributed by atoms with van der Waals surface area (Å²) >= 11 is 0. The molecule has 2 saturated heterocycles. The summed E-state index contributed by atoms with van der Waals surface area (Å²) in [7, 11) is 0. The molecular weight excluding hydrogens is 421 g/mol. The molecule has 0 radical (unpaired) electrons. The maximum Gasteiger partial charge on any atom is 0.257 e. The minimum absolute atomic E-state index is 0.0665. The Hall–Kier alpha value is -2.93. The smallest absolute Gasteiger partial charge is 0.257 e. The molecule has 2 fully saturated rings. The number of amides is 2. The molecule has 176 valence electrons. The van der Waals surface area contributed by atoms with Gasteiger partial charge in [0, 0.05) is 39.3 Å². The summed E-state index contributed by atoms with van der Waals surface area (Å²) in [6.45, 7) is 4.96. The summed E-state index contributed by atoms with van der Waals surface area (Å²) in [6.07, 6.45) is 4.60. The summed E-state index contributed by atoms with van der Waals surface area (Å²) in [5.41, 5.74) is 1.36. The van der Waals surface area contributed by atoms with Crippen LogP contribution >= 0.6 is 0 Å². The average molecular weight is 454 g/mol. The van der Waals surface area contributed by atoms with Gasteiger partial charge in [0.25, 0.3) is 5.91 Å². The molecule has 0 spiro atoms. The Morgan fingerprint density at radius 3 is 2.15 bits per heavy atom. The Morgan fingerprint density at radius 2 is 1.45 bits per heavy atom. The van der Waals surface area contributed by atoms with E-state index < -0.39 is 0 Å². The van der Waals surface area contributed by atoms with Crippen molar-refractivity contribution in [3.63, 3.8) is 0 Å². The Kier molecular flexibility index (Phi) is 7.94. The van der Waals surface area contributed by atoms with E-state index >= 15 is 0 Å². The zero-order valence-corrected chi connectivity index (χ0v) is 19.0. The highest BCUT2D eigenvalue weighted by Crippen LogP contribution is 2.22. The molecule has 0 atom stereocenters. The maximum absolute atomic E-state index is 13.2. The number of carbonyl (C=O) groups excluding carboxylic acids is 2. The monoisotopic (exact) mass is 453 g/mol. The molecule has 0 aliphatic carbocycles. The van der Waals surface area contributed by atoms with E-state index in [1.54, 1.807) is 24.3 Å². The average Bonchev–Trinajstić information content (AvgIpc) is 3.14. The third-order valence-electron chi connectivity index (χ3n) is 6.40. The third-order valence-corrected chi connectivity index (χ3v) is 6.40. The minimum atomic E-state index is -0.290. The molecule has 0 aromatic heterocycles. The lowest BCUT2D eigenvalue weighted by molar-refractivity contribution is -0.132. The Morgan fingerprint density at radius 1 is 0.788 bits per heavy atom. The predicted octanol–water partition coefficient (Wildman–Crippen LogP) is 3.57. The number of nitrogens with zero attached hydrogens (tertiary/aromatic N) is 3. The number of rotatable bonds is 6. The highest BCUT2D eigenvalue weighted by molar-refractivity contribution is 5.97. The van der Waals surface area contributed by atoms with Crippen molar-refractivity contribution in [3.05, 3.63) is 65.5 Å². The topological polar surface area (TPSA) is 53.1 Å². The van der Waals surface area contributed by atoms with Crippen LogP contribution in [0.3, 0.4) is 0 Å². The third kappa shape index (κ3) is 6.32. The fraction of sp³-hybridized carbons (Fsp3) is 0.462. The lowest BCUT2D eigenvalue weighted by Gasteiger charge is -2.35. The summed E-state index contributed by atoms with van der Waals surface area (Å²) in [6, 6.07) is 13.4. The van der Waals surface area contributed by atoms with Gasteiger partial charge in [-0.1, -0.05) is 37.1 Å². The summed E-state index contributed by atoms with van der Waals surface area (Å²) in [5, 5.41) is 0. The van der Waals surface area contributed by atoms with Gasteiger partial charge in [-0.3, -0.25) is 14.5 Å². The first-order valence-electron chi connectivity index (χ1n) is 11.9. The number of piperazine rings is 1. The van der Waals surface area contributed by atoms with Gasteiger partial charge in [0.2, 0.25) is 5.91 Å². The molecule has 2 aliphatic rings. The summed E-state index contributed by atoms with van der Waals surface area (Å²) in [4.78, 5) is 31.8. The number of ether oxygens (including phenoxy) is 1. The number of likely N-dealkylation sites (tertiary alicyclic amines) is 1. The van der Waals surface area contributed by atoms with Crippen molar-refractivity contribution in [1.82, 2.24) is 14.7 Å². The molecule has 2 aromatic rings. The highest BCUT2D eigenvalue weighted by atomic mass is 19.1. The van der Waals surface area contributed by atoms with Crippen molar-refractivity contribution < 1.29 is 18.7 Å². The van der Waals surface area contributed by atoms with Crippen LogP contribution < -0.4 is 4.74 Å². The first-order valence-corrected chi connectivity index (χ1v) is 11.9. The van der Waals surface area contributed by atoms with E-state index in [1.165, 1.54) is 25.0 Å². The molecule has 4 rings (SSSR count). The number of para-hydroxylation sites is 1. The van der Waals surface area contributed by atoms with Gasteiger partial charge in [-0.2, -0.15) is 0 Å². The fourth-order valence-electron chi connectivity index (χ4n) is 4.40. The largest absolute Gasteiger partial charge is 0.488 e. The lowest BCUT2D eigenvalue weighted by atomic mass is 10.1. The second-order valence-electron chi connectivity index (χ2n) is 8.77. The fourth-order valence-corrected chi connectivity index (χ4v) is 4.40. The van der Waals surface area contributed by atoms with Crippen molar-refractivity contribution in [1.29, 1.82) is 0 Å². The molecule has 2 aromatic carbocycles. The van der Waals surface area contributed by atoms with Gasteiger partial charge in [0.05, 0.1) is 12.1 Å². The molecule has 2 heterocycles. The van der Waals surface area contributed by atoms with Crippen LogP contribution in [0.25, 0.3) is 0 Å². The van der Waals surface area contributed by atoms with Crippen LogP contribution in [-0.4, -0.2) is 72.3 Å². The van der Waals surface area contributed by atoms with Crippen LogP contribution in [0.2, 0.25) is 0 Å². The molecule has 0 N–H and O–H groups in total. The molecule has 2 amide bonds. The van der Waals surface area contributed by atoms with Crippen LogP contribution in [-0.2, 0) is 11.4 Å². The van der Waals surface area contributed by atoms with Crippen molar-refractivity contribution in [2.75, 3.05) is 45.8 Å². The number of benzene rings is 2. The molecule has 0 saturated carbocycles.